The molecule has 0 unspecified atom stereocenters. The molecule has 3 rings (SSSR count). The zero-order valence-corrected chi connectivity index (χ0v) is 17.3. The summed E-state index contributed by atoms with van der Waals surface area (Å²) in [6.45, 7) is 4.00. The highest BCUT2D eigenvalue weighted by atomic mass is 19.4. The highest BCUT2D eigenvalue weighted by Crippen LogP contribution is 2.43. The molecule has 0 aliphatic heterocycles. The van der Waals surface area contributed by atoms with E-state index in [0.717, 1.165) is 43.0 Å². The topological polar surface area (TPSA) is 105 Å². The van der Waals surface area contributed by atoms with Gasteiger partial charge in [-0.25, -0.2) is 9.97 Å². The van der Waals surface area contributed by atoms with E-state index < -0.39 is 18.0 Å². The second kappa shape index (κ2) is 10.1. The summed E-state index contributed by atoms with van der Waals surface area (Å²) >= 11 is 0. The molecule has 1 fully saturated rings. The lowest BCUT2D eigenvalue weighted by atomic mass is 9.72. The van der Waals surface area contributed by atoms with Crippen LogP contribution in [0.2, 0.25) is 0 Å². The second-order valence-corrected chi connectivity index (χ2v) is 6.49. The van der Waals surface area contributed by atoms with E-state index >= 15 is 0 Å². The molecule has 0 spiro atoms. The van der Waals surface area contributed by atoms with Crippen LogP contribution >= 0.6 is 0 Å². The molecule has 1 aromatic carbocycles. The SMILES string of the molecule is CC.COc1ccc(C2(Nc3ncc(C(=O)NNC(=O)C(F)(F)F)cn3)CCC2)cc1. The number of benzene rings is 1. The van der Waals surface area contributed by atoms with E-state index in [1.807, 2.05) is 38.1 Å². The first-order chi connectivity index (χ1) is 14.7. The Morgan fingerprint density at radius 3 is 2.06 bits per heavy atom. The highest BCUT2D eigenvalue weighted by molar-refractivity contribution is 5.95. The third kappa shape index (κ3) is 5.83. The summed E-state index contributed by atoms with van der Waals surface area (Å²) in [5.74, 6) is -2.23. The minimum Gasteiger partial charge on any atom is -0.497 e. The van der Waals surface area contributed by atoms with Gasteiger partial charge in [0.05, 0.1) is 18.2 Å². The number of carbonyl (C=O) groups excluding carboxylic acids is 2. The van der Waals surface area contributed by atoms with Crippen LogP contribution < -0.4 is 20.9 Å². The zero-order valence-electron chi connectivity index (χ0n) is 17.3. The standard InChI is InChI=1S/C18H18F3N5O3.C2H6/c1-29-13-5-3-12(4-6-13)17(7-2-8-17)24-16-22-9-11(10-23-16)14(27)25-26-15(28)18(19,20)21;1-2/h3-6,9-10H,2,7-8H2,1H3,(H,25,27)(H,26,28)(H,22,23,24);1-2H3. The molecular formula is C20H24F3N5O3. The molecule has 1 aliphatic carbocycles. The lowest BCUT2D eigenvalue weighted by Gasteiger charge is -2.43. The molecule has 2 amide bonds. The summed E-state index contributed by atoms with van der Waals surface area (Å²) in [7, 11) is 1.59. The van der Waals surface area contributed by atoms with Gasteiger partial charge in [0.25, 0.3) is 5.91 Å². The van der Waals surface area contributed by atoms with Crippen molar-refractivity contribution >= 4 is 17.8 Å². The van der Waals surface area contributed by atoms with Crippen molar-refractivity contribution in [1.82, 2.24) is 20.8 Å². The van der Waals surface area contributed by atoms with E-state index in [9.17, 15) is 22.8 Å². The fourth-order valence-corrected chi connectivity index (χ4v) is 2.91. The van der Waals surface area contributed by atoms with Crippen LogP contribution in [0.5, 0.6) is 5.75 Å². The average Bonchev–Trinajstić information content (AvgIpc) is 2.75. The van der Waals surface area contributed by atoms with E-state index in [1.165, 1.54) is 5.43 Å². The number of alkyl halides is 3. The molecule has 0 atom stereocenters. The molecular weight excluding hydrogens is 415 g/mol. The smallest absolute Gasteiger partial charge is 0.472 e. The molecule has 1 aliphatic rings. The van der Waals surface area contributed by atoms with Gasteiger partial charge in [-0.1, -0.05) is 26.0 Å². The van der Waals surface area contributed by atoms with Crippen LogP contribution in [0.1, 0.15) is 49.0 Å². The Kier molecular flexibility index (Phi) is 7.78. The van der Waals surface area contributed by atoms with Gasteiger partial charge in [0.2, 0.25) is 5.95 Å². The number of anilines is 1. The lowest BCUT2D eigenvalue weighted by Crippen LogP contribution is -2.47. The van der Waals surface area contributed by atoms with E-state index in [2.05, 4.69) is 15.3 Å². The van der Waals surface area contributed by atoms with Crippen molar-refractivity contribution in [3.05, 3.63) is 47.8 Å². The first-order valence-corrected chi connectivity index (χ1v) is 9.66. The largest absolute Gasteiger partial charge is 0.497 e. The Bertz CT molecular complexity index is 882. The summed E-state index contributed by atoms with van der Waals surface area (Å²) in [6.07, 6.45) is -0.0209. The molecule has 0 bridgehead atoms. The maximum Gasteiger partial charge on any atom is 0.472 e. The van der Waals surface area contributed by atoms with Gasteiger partial charge in [-0.05, 0) is 37.0 Å². The number of aromatic nitrogens is 2. The van der Waals surface area contributed by atoms with Gasteiger partial charge < -0.3 is 10.1 Å². The van der Waals surface area contributed by atoms with Crippen molar-refractivity contribution < 1.29 is 27.5 Å². The number of carbonyl (C=O) groups is 2. The molecule has 31 heavy (non-hydrogen) atoms. The monoisotopic (exact) mass is 439 g/mol. The van der Waals surface area contributed by atoms with Gasteiger partial charge >= 0.3 is 12.1 Å². The van der Waals surface area contributed by atoms with Crippen molar-refractivity contribution in [2.24, 2.45) is 0 Å². The van der Waals surface area contributed by atoms with Crippen LogP contribution in [-0.2, 0) is 10.3 Å². The Morgan fingerprint density at radius 2 is 1.61 bits per heavy atom. The quantitative estimate of drug-likeness (QED) is 0.618. The molecule has 0 saturated heterocycles. The average molecular weight is 439 g/mol. The number of hydrogen-bond acceptors (Lipinski definition) is 6. The van der Waals surface area contributed by atoms with Crippen molar-refractivity contribution in [2.75, 3.05) is 12.4 Å². The molecule has 3 N–H and O–H groups in total. The fraction of sp³-hybridized carbons (Fsp3) is 0.400. The lowest BCUT2D eigenvalue weighted by molar-refractivity contribution is -0.174. The van der Waals surface area contributed by atoms with Crippen LogP contribution in [0, 0.1) is 0 Å². The Morgan fingerprint density at radius 1 is 1.03 bits per heavy atom. The Labute approximate surface area is 177 Å². The predicted molar refractivity (Wildman–Crippen MR) is 107 cm³/mol. The van der Waals surface area contributed by atoms with Gasteiger partial charge in [0, 0.05) is 12.4 Å². The van der Waals surface area contributed by atoms with Crippen LogP contribution in [0.3, 0.4) is 0 Å². The number of halogens is 3. The van der Waals surface area contributed by atoms with Gasteiger partial charge in [-0.15, -0.1) is 0 Å². The number of amides is 2. The number of methoxy groups -OCH3 is 1. The molecule has 1 aromatic heterocycles. The number of rotatable bonds is 5. The van der Waals surface area contributed by atoms with E-state index in [-0.39, 0.29) is 17.1 Å². The molecule has 168 valence electrons. The second-order valence-electron chi connectivity index (χ2n) is 6.49. The van der Waals surface area contributed by atoms with Gasteiger partial charge in [0.15, 0.2) is 0 Å². The fourth-order valence-electron chi connectivity index (χ4n) is 2.91. The van der Waals surface area contributed by atoms with E-state index in [4.69, 9.17) is 4.74 Å². The van der Waals surface area contributed by atoms with Crippen molar-refractivity contribution in [3.63, 3.8) is 0 Å². The maximum atomic E-state index is 12.1. The number of nitrogens with zero attached hydrogens (tertiary/aromatic N) is 2. The van der Waals surface area contributed by atoms with Crippen LogP contribution in [0.25, 0.3) is 0 Å². The molecule has 1 saturated carbocycles. The van der Waals surface area contributed by atoms with Gasteiger partial charge in [-0.2, -0.15) is 13.2 Å². The molecule has 8 nitrogen and oxygen atoms in total. The number of ether oxygens (including phenoxy) is 1. The highest BCUT2D eigenvalue weighted by Gasteiger charge is 2.40. The van der Waals surface area contributed by atoms with Crippen LogP contribution in [0.15, 0.2) is 36.7 Å². The summed E-state index contributed by atoms with van der Waals surface area (Å²) in [4.78, 5) is 30.7. The Balaban J connectivity index is 0.00000166. The first kappa shape index (κ1) is 23.9. The van der Waals surface area contributed by atoms with Crippen LogP contribution in [-0.4, -0.2) is 35.1 Å². The summed E-state index contributed by atoms with van der Waals surface area (Å²) in [5, 5.41) is 3.27. The first-order valence-electron chi connectivity index (χ1n) is 9.66. The van der Waals surface area contributed by atoms with Crippen molar-refractivity contribution in [2.45, 2.75) is 44.8 Å². The predicted octanol–water partition coefficient (Wildman–Crippen LogP) is 3.33. The zero-order chi connectivity index (χ0) is 23.1. The molecule has 11 heteroatoms. The normalized spacial score (nSPS) is 14.3. The Hall–Kier alpha value is -3.37. The van der Waals surface area contributed by atoms with Crippen LogP contribution in [0.4, 0.5) is 19.1 Å². The summed E-state index contributed by atoms with van der Waals surface area (Å²) in [6, 6.07) is 7.63. The van der Waals surface area contributed by atoms with Crippen molar-refractivity contribution in [1.29, 1.82) is 0 Å². The molecule has 2 aromatic rings. The summed E-state index contributed by atoms with van der Waals surface area (Å²) in [5.41, 5.74) is 3.54. The maximum absolute atomic E-state index is 12.1. The molecule has 1 heterocycles. The minimum absolute atomic E-state index is 0.106. The minimum atomic E-state index is -5.10. The van der Waals surface area contributed by atoms with E-state index in [0.29, 0.717) is 0 Å². The van der Waals surface area contributed by atoms with E-state index in [1.54, 1.807) is 12.5 Å². The third-order valence-electron chi connectivity index (χ3n) is 4.66. The third-order valence-corrected chi connectivity index (χ3v) is 4.66. The number of nitrogens with one attached hydrogen (secondary N) is 3. The molecule has 0 radical (unpaired) electrons. The van der Waals surface area contributed by atoms with Crippen molar-refractivity contribution in [3.8, 4) is 5.75 Å². The van der Waals surface area contributed by atoms with Gasteiger partial charge in [0.1, 0.15) is 5.75 Å². The van der Waals surface area contributed by atoms with Gasteiger partial charge in [-0.3, -0.25) is 20.4 Å². The number of hydrogen-bond donors (Lipinski definition) is 3. The number of hydrazine groups is 1. The summed E-state index contributed by atoms with van der Waals surface area (Å²) < 4.78 is 41.6.